The number of likely N-dealkylation sites (tertiary alicyclic amines) is 1. The van der Waals surface area contributed by atoms with E-state index in [2.05, 4.69) is 23.8 Å². The van der Waals surface area contributed by atoms with Crippen LogP contribution in [0.15, 0.2) is 0 Å². The van der Waals surface area contributed by atoms with Gasteiger partial charge in [-0.15, -0.1) is 0 Å². The van der Waals surface area contributed by atoms with Crippen molar-refractivity contribution in [2.45, 2.75) is 39.2 Å². The summed E-state index contributed by atoms with van der Waals surface area (Å²) in [5.41, 5.74) is 0. The van der Waals surface area contributed by atoms with E-state index in [-0.39, 0.29) is 5.92 Å². The molecule has 17 heavy (non-hydrogen) atoms. The Balaban J connectivity index is 2.41. The second-order valence-corrected chi connectivity index (χ2v) is 5.20. The van der Waals surface area contributed by atoms with Gasteiger partial charge in [0.2, 0.25) is 0 Å². The number of rotatable bonds is 5. The van der Waals surface area contributed by atoms with Gasteiger partial charge in [-0.05, 0) is 45.9 Å². The first-order valence-electron chi connectivity index (χ1n) is 6.70. The highest BCUT2D eigenvalue weighted by atomic mass is 16.4. The van der Waals surface area contributed by atoms with Crippen LogP contribution in [0.3, 0.4) is 0 Å². The first-order chi connectivity index (χ1) is 8.04. The lowest BCUT2D eigenvalue weighted by Gasteiger charge is -2.28. The van der Waals surface area contributed by atoms with Crippen molar-refractivity contribution >= 4 is 5.97 Å². The van der Waals surface area contributed by atoms with Gasteiger partial charge >= 0.3 is 5.97 Å². The number of carboxylic acids is 1. The summed E-state index contributed by atoms with van der Waals surface area (Å²) in [5, 5.41) is 8.93. The second-order valence-electron chi connectivity index (χ2n) is 5.20. The maximum absolute atomic E-state index is 10.8. The average molecular weight is 242 g/mol. The van der Waals surface area contributed by atoms with Crippen molar-refractivity contribution in [3.8, 4) is 0 Å². The van der Waals surface area contributed by atoms with E-state index in [0.29, 0.717) is 12.6 Å². The van der Waals surface area contributed by atoms with Gasteiger partial charge in [0.15, 0.2) is 0 Å². The molecule has 0 saturated carbocycles. The predicted octanol–water partition coefficient (Wildman–Crippen LogP) is 1.51. The van der Waals surface area contributed by atoms with Gasteiger partial charge in [0.25, 0.3) is 0 Å². The first kappa shape index (κ1) is 14.5. The van der Waals surface area contributed by atoms with Gasteiger partial charge in [-0.3, -0.25) is 4.79 Å². The van der Waals surface area contributed by atoms with Crippen LogP contribution in [0.4, 0.5) is 0 Å². The monoisotopic (exact) mass is 242 g/mol. The summed E-state index contributed by atoms with van der Waals surface area (Å²) >= 11 is 0. The Kier molecular flexibility index (Phi) is 5.92. The number of nitrogens with zero attached hydrogens (tertiary/aromatic N) is 2. The number of carboxylic acid groups (broad SMARTS) is 1. The zero-order valence-electron chi connectivity index (χ0n) is 11.4. The van der Waals surface area contributed by atoms with E-state index in [9.17, 15) is 4.79 Å². The fraction of sp³-hybridized carbons (Fsp3) is 0.923. The lowest BCUT2D eigenvalue weighted by molar-refractivity contribution is -0.141. The molecular weight excluding hydrogens is 216 g/mol. The van der Waals surface area contributed by atoms with Gasteiger partial charge in [0, 0.05) is 12.6 Å². The molecule has 0 aromatic carbocycles. The summed E-state index contributed by atoms with van der Waals surface area (Å²) in [6.07, 6.45) is 3.58. The van der Waals surface area contributed by atoms with Crippen molar-refractivity contribution in [2.24, 2.45) is 5.92 Å². The van der Waals surface area contributed by atoms with Crippen LogP contribution in [-0.4, -0.2) is 60.1 Å². The Morgan fingerprint density at radius 3 is 2.76 bits per heavy atom. The van der Waals surface area contributed by atoms with Crippen LogP contribution in [0.25, 0.3) is 0 Å². The minimum Gasteiger partial charge on any atom is -0.481 e. The molecule has 1 N–H and O–H groups in total. The molecule has 0 aromatic rings. The minimum atomic E-state index is -0.694. The Bertz CT molecular complexity index is 246. The summed E-state index contributed by atoms with van der Waals surface area (Å²) in [7, 11) is 2.06. The topological polar surface area (TPSA) is 43.8 Å². The molecule has 1 aliphatic rings. The zero-order valence-corrected chi connectivity index (χ0v) is 11.4. The van der Waals surface area contributed by atoms with E-state index in [1.807, 2.05) is 0 Å². The van der Waals surface area contributed by atoms with Gasteiger partial charge in [-0.2, -0.15) is 0 Å². The molecule has 0 aliphatic carbocycles. The number of carbonyl (C=O) groups is 1. The molecule has 1 aliphatic heterocycles. The van der Waals surface area contributed by atoms with E-state index in [0.717, 1.165) is 19.5 Å². The van der Waals surface area contributed by atoms with E-state index in [1.54, 1.807) is 6.92 Å². The highest BCUT2D eigenvalue weighted by Crippen LogP contribution is 2.16. The van der Waals surface area contributed by atoms with Crippen molar-refractivity contribution < 1.29 is 9.90 Å². The second kappa shape index (κ2) is 6.97. The smallest absolute Gasteiger partial charge is 0.307 e. The van der Waals surface area contributed by atoms with Crippen molar-refractivity contribution in [1.82, 2.24) is 9.80 Å². The Hall–Kier alpha value is -0.610. The van der Waals surface area contributed by atoms with E-state index < -0.39 is 5.97 Å². The molecular formula is C13H26N2O2. The van der Waals surface area contributed by atoms with Crippen LogP contribution in [-0.2, 0) is 4.79 Å². The van der Waals surface area contributed by atoms with Gasteiger partial charge in [0.05, 0.1) is 5.92 Å². The van der Waals surface area contributed by atoms with Crippen LogP contribution in [0.1, 0.15) is 33.1 Å². The maximum atomic E-state index is 10.8. The SMILES string of the molecule is CCN1CCCC(N(C)CC(C)C(=O)O)CC1. The van der Waals surface area contributed by atoms with Crippen LogP contribution in [0, 0.1) is 5.92 Å². The Morgan fingerprint density at radius 2 is 2.18 bits per heavy atom. The summed E-state index contributed by atoms with van der Waals surface area (Å²) in [6.45, 7) is 8.11. The largest absolute Gasteiger partial charge is 0.481 e. The average Bonchev–Trinajstić information content (AvgIpc) is 2.53. The molecule has 100 valence electrons. The molecule has 4 heteroatoms. The summed E-state index contributed by atoms with van der Waals surface area (Å²) in [4.78, 5) is 15.6. The van der Waals surface area contributed by atoms with Crippen molar-refractivity contribution in [1.29, 1.82) is 0 Å². The van der Waals surface area contributed by atoms with E-state index in [1.165, 1.54) is 19.4 Å². The van der Waals surface area contributed by atoms with Gasteiger partial charge in [0.1, 0.15) is 0 Å². The van der Waals surface area contributed by atoms with Crippen LogP contribution in [0.2, 0.25) is 0 Å². The molecule has 2 unspecified atom stereocenters. The van der Waals surface area contributed by atoms with Crippen molar-refractivity contribution in [3.63, 3.8) is 0 Å². The Morgan fingerprint density at radius 1 is 1.47 bits per heavy atom. The molecule has 1 rings (SSSR count). The highest BCUT2D eigenvalue weighted by molar-refractivity contribution is 5.69. The molecule has 0 bridgehead atoms. The quantitative estimate of drug-likeness (QED) is 0.794. The molecule has 1 saturated heterocycles. The van der Waals surface area contributed by atoms with Gasteiger partial charge < -0.3 is 14.9 Å². The summed E-state index contributed by atoms with van der Waals surface area (Å²) < 4.78 is 0. The molecule has 0 radical (unpaired) electrons. The van der Waals surface area contributed by atoms with Crippen molar-refractivity contribution in [2.75, 3.05) is 33.2 Å². The van der Waals surface area contributed by atoms with E-state index >= 15 is 0 Å². The number of hydrogen-bond donors (Lipinski definition) is 1. The third-order valence-corrected chi connectivity index (χ3v) is 3.84. The first-order valence-corrected chi connectivity index (χ1v) is 6.70. The molecule has 0 aromatic heterocycles. The molecule has 1 fully saturated rings. The fourth-order valence-corrected chi connectivity index (χ4v) is 2.55. The molecule has 1 heterocycles. The van der Waals surface area contributed by atoms with Gasteiger partial charge in [-0.1, -0.05) is 13.8 Å². The third-order valence-electron chi connectivity index (χ3n) is 3.84. The normalized spacial score (nSPS) is 24.6. The zero-order chi connectivity index (χ0) is 12.8. The van der Waals surface area contributed by atoms with Crippen LogP contribution < -0.4 is 0 Å². The maximum Gasteiger partial charge on any atom is 0.307 e. The molecule has 4 nitrogen and oxygen atoms in total. The van der Waals surface area contributed by atoms with Crippen molar-refractivity contribution in [3.05, 3.63) is 0 Å². The number of aliphatic carboxylic acids is 1. The third kappa shape index (κ3) is 4.64. The number of hydrogen-bond acceptors (Lipinski definition) is 3. The Labute approximate surface area is 105 Å². The summed E-state index contributed by atoms with van der Waals surface area (Å²) in [5.74, 6) is -0.966. The van der Waals surface area contributed by atoms with Crippen LogP contribution >= 0.6 is 0 Å². The van der Waals surface area contributed by atoms with E-state index in [4.69, 9.17) is 5.11 Å². The predicted molar refractivity (Wildman–Crippen MR) is 69.2 cm³/mol. The minimum absolute atomic E-state index is 0.273. The molecule has 0 amide bonds. The van der Waals surface area contributed by atoms with Gasteiger partial charge in [-0.25, -0.2) is 0 Å². The fourth-order valence-electron chi connectivity index (χ4n) is 2.55. The molecule has 0 spiro atoms. The lowest BCUT2D eigenvalue weighted by atomic mass is 10.1. The summed E-state index contributed by atoms with van der Waals surface area (Å²) in [6, 6.07) is 0.549. The highest BCUT2D eigenvalue weighted by Gasteiger charge is 2.22. The van der Waals surface area contributed by atoms with Crippen LogP contribution in [0.5, 0.6) is 0 Å². The molecule has 2 atom stereocenters. The standard InChI is InChI=1S/C13H26N2O2/c1-4-15-8-5-6-12(7-9-15)14(3)10-11(2)13(16)17/h11-12H,4-10H2,1-3H3,(H,16,17). The lowest BCUT2D eigenvalue weighted by Crippen LogP contribution is -2.37.